The number of carbonyl (C=O) groups excluding carboxylic acids is 1. The Morgan fingerprint density at radius 3 is 2.38 bits per heavy atom. The van der Waals surface area contributed by atoms with Gasteiger partial charge in [0.25, 0.3) is 0 Å². The molecular formula is C26H30F4N2O2. The minimum absolute atomic E-state index is 0.0886. The first-order chi connectivity index (χ1) is 16.2. The number of benzene rings is 2. The van der Waals surface area contributed by atoms with Crippen molar-refractivity contribution in [1.82, 2.24) is 10.2 Å². The third-order valence-electron chi connectivity index (χ3n) is 7.20. The molecule has 4 nitrogen and oxygen atoms in total. The van der Waals surface area contributed by atoms with E-state index in [4.69, 9.17) is 4.74 Å². The van der Waals surface area contributed by atoms with Crippen molar-refractivity contribution < 1.29 is 27.1 Å². The summed E-state index contributed by atoms with van der Waals surface area (Å²) in [7, 11) is 2.09. The summed E-state index contributed by atoms with van der Waals surface area (Å²) in [5, 5.41) is 2.80. The summed E-state index contributed by atoms with van der Waals surface area (Å²) in [5.74, 6) is -1.18. The molecule has 0 radical (unpaired) electrons. The van der Waals surface area contributed by atoms with Crippen LogP contribution in [0.15, 0.2) is 48.5 Å². The van der Waals surface area contributed by atoms with Gasteiger partial charge in [0.1, 0.15) is 5.82 Å². The maximum absolute atomic E-state index is 13.8. The zero-order valence-electron chi connectivity index (χ0n) is 19.2. The second-order valence-electron chi connectivity index (χ2n) is 9.54. The largest absolute Gasteiger partial charge is 0.416 e. The normalized spacial score (nSPS) is 23.5. The number of hydrogen-bond donors (Lipinski definition) is 1. The van der Waals surface area contributed by atoms with E-state index >= 15 is 0 Å². The van der Waals surface area contributed by atoms with Crippen LogP contribution in [0.3, 0.4) is 0 Å². The maximum atomic E-state index is 13.8. The lowest BCUT2D eigenvalue weighted by atomic mass is 9.61. The first kappa shape index (κ1) is 24.7. The van der Waals surface area contributed by atoms with Gasteiger partial charge in [-0.2, -0.15) is 13.2 Å². The predicted molar refractivity (Wildman–Crippen MR) is 120 cm³/mol. The molecule has 1 aliphatic carbocycles. The topological polar surface area (TPSA) is 41.6 Å². The molecule has 1 saturated heterocycles. The average molecular weight is 479 g/mol. The lowest BCUT2D eigenvalue weighted by Crippen LogP contribution is -2.59. The summed E-state index contributed by atoms with van der Waals surface area (Å²) in [6, 6.07) is 12.8. The second kappa shape index (κ2) is 10.0. The van der Waals surface area contributed by atoms with E-state index in [1.54, 1.807) is 0 Å². The van der Waals surface area contributed by atoms with Gasteiger partial charge < -0.3 is 15.0 Å². The lowest BCUT2D eigenvalue weighted by Gasteiger charge is -2.52. The van der Waals surface area contributed by atoms with Gasteiger partial charge in [-0.25, -0.2) is 4.39 Å². The van der Waals surface area contributed by atoms with E-state index in [2.05, 4.69) is 17.3 Å². The van der Waals surface area contributed by atoms with Crippen LogP contribution in [-0.2, 0) is 28.7 Å². The average Bonchev–Trinajstić information content (AvgIpc) is 2.79. The van der Waals surface area contributed by atoms with E-state index in [1.807, 2.05) is 30.3 Å². The molecule has 1 heterocycles. The lowest BCUT2D eigenvalue weighted by molar-refractivity contribution is -0.142. The van der Waals surface area contributed by atoms with Crippen molar-refractivity contribution in [3.63, 3.8) is 0 Å². The Kier molecular flexibility index (Phi) is 7.28. The summed E-state index contributed by atoms with van der Waals surface area (Å²) in [6.45, 7) is 1.33. The van der Waals surface area contributed by atoms with Gasteiger partial charge >= 0.3 is 6.18 Å². The van der Waals surface area contributed by atoms with Gasteiger partial charge in [-0.1, -0.05) is 30.3 Å². The molecule has 184 valence electrons. The molecule has 2 aromatic carbocycles. The zero-order chi connectivity index (χ0) is 24.3. The number of rotatable bonds is 7. The van der Waals surface area contributed by atoms with Crippen molar-refractivity contribution in [2.75, 3.05) is 20.3 Å². The fraction of sp³-hybridized carbons (Fsp3) is 0.500. The molecule has 4 rings (SSSR count). The molecule has 2 aromatic rings. The van der Waals surface area contributed by atoms with Gasteiger partial charge in [0.2, 0.25) is 5.91 Å². The molecule has 1 saturated carbocycles. The Balaban J connectivity index is 1.46. The Bertz CT molecular complexity index is 984. The fourth-order valence-electron chi connectivity index (χ4n) is 5.20. The number of carbonyl (C=O) groups is 1. The molecule has 0 bridgehead atoms. The Labute approximate surface area is 197 Å². The van der Waals surface area contributed by atoms with E-state index < -0.39 is 23.0 Å². The molecule has 34 heavy (non-hydrogen) atoms. The number of amides is 1. The summed E-state index contributed by atoms with van der Waals surface area (Å²) in [5.41, 5.74) is -0.579. The monoisotopic (exact) mass is 478 g/mol. The van der Waals surface area contributed by atoms with E-state index in [0.717, 1.165) is 43.8 Å². The van der Waals surface area contributed by atoms with Crippen molar-refractivity contribution in [3.05, 3.63) is 71.0 Å². The summed E-state index contributed by atoms with van der Waals surface area (Å²) < 4.78 is 58.4. The molecule has 0 atom stereocenters. The van der Waals surface area contributed by atoms with E-state index in [-0.39, 0.29) is 24.1 Å². The molecule has 1 N–H and O–H groups in total. The first-order valence-corrected chi connectivity index (χ1v) is 11.6. The van der Waals surface area contributed by atoms with Crippen LogP contribution < -0.4 is 5.32 Å². The number of alkyl halides is 3. The standard InChI is InChI=1S/C26H30F4N2O2/c1-32(22-7-9-34-10-8-22)23-15-25(16-23,14-18-5-3-2-4-6-18)24(33)31-17-19-11-20(26(28,29)30)13-21(27)12-19/h2-6,11-13,22-23H,7-10,14-17H2,1H3,(H,31,33). The van der Waals surface area contributed by atoms with Crippen LogP contribution in [0.25, 0.3) is 0 Å². The SMILES string of the molecule is CN(C1CCOCC1)C1CC(Cc2ccccc2)(C(=O)NCc2cc(F)cc(C(F)(F)F)c2)C1. The maximum Gasteiger partial charge on any atom is 0.416 e. The van der Waals surface area contributed by atoms with Crippen LogP contribution in [-0.4, -0.2) is 43.2 Å². The van der Waals surface area contributed by atoms with Gasteiger partial charge in [0.05, 0.1) is 11.0 Å². The van der Waals surface area contributed by atoms with Gasteiger partial charge in [-0.3, -0.25) is 4.79 Å². The summed E-state index contributed by atoms with van der Waals surface area (Å²) in [6.07, 6.45) is -0.838. The van der Waals surface area contributed by atoms with Crippen molar-refractivity contribution in [1.29, 1.82) is 0 Å². The number of nitrogens with one attached hydrogen (secondary N) is 1. The highest BCUT2D eigenvalue weighted by atomic mass is 19.4. The minimum Gasteiger partial charge on any atom is -0.381 e. The van der Waals surface area contributed by atoms with Gasteiger partial charge in [0.15, 0.2) is 0 Å². The molecule has 8 heteroatoms. The van der Waals surface area contributed by atoms with Gasteiger partial charge in [-0.05, 0) is 68.5 Å². The summed E-state index contributed by atoms with van der Waals surface area (Å²) in [4.78, 5) is 15.7. The van der Waals surface area contributed by atoms with E-state index in [1.165, 1.54) is 0 Å². The van der Waals surface area contributed by atoms with Crippen molar-refractivity contribution >= 4 is 5.91 Å². The Morgan fingerprint density at radius 2 is 1.74 bits per heavy atom. The molecule has 0 aromatic heterocycles. The fourth-order valence-corrected chi connectivity index (χ4v) is 5.20. The summed E-state index contributed by atoms with van der Waals surface area (Å²) >= 11 is 0. The number of ether oxygens (including phenoxy) is 1. The quantitative estimate of drug-likeness (QED) is 0.572. The van der Waals surface area contributed by atoms with Crippen LogP contribution in [0.2, 0.25) is 0 Å². The molecule has 2 fully saturated rings. The third kappa shape index (κ3) is 5.61. The highest BCUT2D eigenvalue weighted by molar-refractivity contribution is 5.84. The molecule has 0 spiro atoms. The van der Waals surface area contributed by atoms with Crippen molar-refractivity contribution in [2.45, 2.75) is 56.9 Å². The first-order valence-electron chi connectivity index (χ1n) is 11.6. The highest BCUT2D eigenvalue weighted by Gasteiger charge is 2.51. The molecule has 0 unspecified atom stereocenters. The molecule has 1 amide bonds. The van der Waals surface area contributed by atoms with E-state index in [0.29, 0.717) is 31.4 Å². The molecular weight excluding hydrogens is 448 g/mol. The third-order valence-corrected chi connectivity index (χ3v) is 7.20. The van der Waals surface area contributed by atoms with Crippen LogP contribution >= 0.6 is 0 Å². The number of hydrogen-bond acceptors (Lipinski definition) is 3. The van der Waals surface area contributed by atoms with Crippen LogP contribution in [0, 0.1) is 11.2 Å². The smallest absolute Gasteiger partial charge is 0.381 e. The van der Waals surface area contributed by atoms with Crippen molar-refractivity contribution in [2.24, 2.45) is 5.41 Å². The number of halogens is 4. The zero-order valence-corrected chi connectivity index (χ0v) is 19.2. The van der Waals surface area contributed by atoms with Gasteiger partial charge in [0, 0.05) is 31.8 Å². The minimum atomic E-state index is -4.65. The van der Waals surface area contributed by atoms with Crippen LogP contribution in [0.5, 0.6) is 0 Å². The molecule has 2 aliphatic rings. The van der Waals surface area contributed by atoms with Crippen molar-refractivity contribution in [3.8, 4) is 0 Å². The Morgan fingerprint density at radius 1 is 1.06 bits per heavy atom. The second-order valence-corrected chi connectivity index (χ2v) is 9.54. The predicted octanol–water partition coefficient (Wildman–Crippen LogP) is 4.96. The van der Waals surface area contributed by atoms with Gasteiger partial charge in [-0.15, -0.1) is 0 Å². The van der Waals surface area contributed by atoms with Crippen LogP contribution in [0.1, 0.15) is 42.4 Å². The number of nitrogens with zero attached hydrogens (tertiary/aromatic N) is 1. The van der Waals surface area contributed by atoms with E-state index in [9.17, 15) is 22.4 Å². The van der Waals surface area contributed by atoms with Crippen LogP contribution in [0.4, 0.5) is 17.6 Å². The molecule has 1 aliphatic heterocycles. The Hall–Kier alpha value is -2.45. The highest BCUT2D eigenvalue weighted by Crippen LogP contribution is 2.47.